The fraction of sp³-hybridized carbons (Fsp3) is 0.556. The van der Waals surface area contributed by atoms with Gasteiger partial charge in [-0.1, -0.05) is 20.8 Å². The highest BCUT2D eigenvalue weighted by Gasteiger charge is 2.17. The Morgan fingerprint density at radius 1 is 1.42 bits per heavy atom. The third kappa shape index (κ3) is 3.72. The molecule has 0 rings (SSSR count). The lowest BCUT2D eigenvalue weighted by atomic mass is 9.92. The summed E-state index contributed by atoms with van der Waals surface area (Å²) in [6.45, 7) is 11.5. The van der Waals surface area contributed by atoms with Crippen LogP contribution in [-0.4, -0.2) is 13.1 Å². The summed E-state index contributed by atoms with van der Waals surface area (Å²) in [5.74, 6) is 0. The van der Waals surface area contributed by atoms with Crippen molar-refractivity contribution < 1.29 is 0 Å². The second kappa shape index (κ2) is 4.45. The number of thiol groups is 1. The van der Waals surface area contributed by atoms with E-state index in [-0.39, 0.29) is 5.41 Å². The predicted octanol–water partition coefficient (Wildman–Crippen LogP) is 2.92. The van der Waals surface area contributed by atoms with Crippen LogP contribution in [-0.2, 0) is 0 Å². The number of nitrogens with zero attached hydrogens (tertiary/aromatic N) is 2. The third-order valence-electron chi connectivity index (χ3n) is 1.32. The zero-order valence-corrected chi connectivity index (χ0v) is 9.02. The van der Waals surface area contributed by atoms with E-state index in [0.29, 0.717) is 0 Å². The Bertz CT molecular complexity index is 217. The molecule has 0 aliphatic heterocycles. The van der Waals surface area contributed by atoms with Gasteiger partial charge in [0, 0.05) is 10.3 Å². The minimum atomic E-state index is 0.00697. The van der Waals surface area contributed by atoms with E-state index in [2.05, 4.69) is 50.1 Å². The van der Waals surface area contributed by atoms with Crippen LogP contribution >= 0.6 is 12.6 Å². The van der Waals surface area contributed by atoms with E-state index in [1.165, 1.54) is 6.34 Å². The minimum Gasteiger partial charge on any atom is -0.253 e. The number of hydrogen-bond donors (Lipinski definition) is 1. The maximum atomic E-state index is 4.26. The Kier molecular flexibility index (Phi) is 4.24. The van der Waals surface area contributed by atoms with Crippen LogP contribution in [0.5, 0.6) is 0 Å². The maximum absolute atomic E-state index is 4.26. The van der Waals surface area contributed by atoms with Crippen molar-refractivity contribution in [2.75, 3.05) is 0 Å². The minimum absolute atomic E-state index is 0.00697. The molecule has 3 heteroatoms. The fourth-order valence-corrected chi connectivity index (χ4v) is 1.32. The topological polar surface area (TPSA) is 24.7 Å². The summed E-state index contributed by atoms with van der Waals surface area (Å²) in [5.41, 5.74) is 0.950. The number of hydrogen-bond acceptors (Lipinski definition) is 2. The normalized spacial score (nSPS) is 14.8. The van der Waals surface area contributed by atoms with E-state index < -0.39 is 0 Å². The van der Waals surface area contributed by atoms with Gasteiger partial charge in [-0.05, 0) is 13.6 Å². The van der Waals surface area contributed by atoms with Gasteiger partial charge in [0.2, 0.25) is 0 Å². The summed E-state index contributed by atoms with van der Waals surface area (Å²) >= 11 is 4.26. The highest BCUT2D eigenvalue weighted by Crippen LogP contribution is 2.29. The fourth-order valence-electron chi connectivity index (χ4n) is 0.928. The standard InChI is InChI=1S/C9H16N2S/c1-7(12)8(9(2,3)4)11-6-10-5/h6,12H,5H2,1-4H3/b8-7+,11-6-. The van der Waals surface area contributed by atoms with Crippen molar-refractivity contribution >= 4 is 25.7 Å². The van der Waals surface area contributed by atoms with Crippen molar-refractivity contribution in [1.82, 2.24) is 0 Å². The van der Waals surface area contributed by atoms with Crippen LogP contribution in [0.25, 0.3) is 0 Å². The van der Waals surface area contributed by atoms with Gasteiger partial charge in [-0.25, -0.2) is 4.99 Å². The van der Waals surface area contributed by atoms with Gasteiger partial charge < -0.3 is 0 Å². The second-order valence-corrected chi connectivity index (χ2v) is 4.28. The Labute approximate surface area is 79.9 Å². The van der Waals surface area contributed by atoms with E-state index >= 15 is 0 Å². The monoisotopic (exact) mass is 184 g/mol. The van der Waals surface area contributed by atoms with Crippen molar-refractivity contribution in [2.24, 2.45) is 15.4 Å². The Hall–Kier alpha value is -0.570. The highest BCUT2D eigenvalue weighted by molar-refractivity contribution is 7.84. The van der Waals surface area contributed by atoms with Gasteiger partial charge in [-0.2, -0.15) is 0 Å². The van der Waals surface area contributed by atoms with Crippen LogP contribution < -0.4 is 0 Å². The van der Waals surface area contributed by atoms with Crippen molar-refractivity contribution in [1.29, 1.82) is 0 Å². The van der Waals surface area contributed by atoms with Crippen LogP contribution in [0.15, 0.2) is 20.6 Å². The molecule has 12 heavy (non-hydrogen) atoms. The number of allylic oxidation sites excluding steroid dienone is 2. The molecular formula is C9H16N2S. The molecule has 0 aliphatic rings. The average molecular weight is 184 g/mol. The summed E-state index contributed by atoms with van der Waals surface area (Å²) in [6, 6.07) is 0. The molecule has 0 fully saturated rings. The van der Waals surface area contributed by atoms with Crippen molar-refractivity contribution in [2.45, 2.75) is 27.7 Å². The molecule has 68 valence electrons. The third-order valence-corrected chi connectivity index (χ3v) is 1.53. The number of aliphatic imine (C=N–C) groups is 2. The molecule has 0 amide bonds. The summed E-state index contributed by atoms with van der Waals surface area (Å²) < 4.78 is 0. The first kappa shape index (κ1) is 11.4. The molecule has 0 spiro atoms. The van der Waals surface area contributed by atoms with Gasteiger partial charge in [-0.15, -0.1) is 12.6 Å². The number of rotatable bonds is 2. The van der Waals surface area contributed by atoms with Gasteiger partial charge in [0.15, 0.2) is 0 Å². The van der Waals surface area contributed by atoms with Crippen molar-refractivity contribution in [3.63, 3.8) is 0 Å². The van der Waals surface area contributed by atoms with Crippen LogP contribution in [0.1, 0.15) is 27.7 Å². The highest BCUT2D eigenvalue weighted by atomic mass is 32.1. The molecule has 0 saturated carbocycles. The first-order valence-corrected chi connectivity index (χ1v) is 4.23. The zero-order chi connectivity index (χ0) is 9.78. The van der Waals surface area contributed by atoms with E-state index in [4.69, 9.17) is 0 Å². The lowest BCUT2D eigenvalue weighted by Gasteiger charge is -2.19. The van der Waals surface area contributed by atoms with E-state index in [0.717, 1.165) is 10.6 Å². The molecule has 0 atom stereocenters. The largest absolute Gasteiger partial charge is 0.253 e. The summed E-state index contributed by atoms with van der Waals surface area (Å²) in [7, 11) is 0. The first-order chi connectivity index (χ1) is 5.39. The summed E-state index contributed by atoms with van der Waals surface area (Å²) in [5, 5.41) is 0. The smallest absolute Gasteiger partial charge is 0.114 e. The first-order valence-electron chi connectivity index (χ1n) is 3.78. The van der Waals surface area contributed by atoms with Gasteiger partial charge in [0.05, 0.1) is 5.70 Å². The van der Waals surface area contributed by atoms with Crippen molar-refractivity contribution in [3.8, 4) is 0 Å². The molecule has 0 aliphatic carbocycles. The molecule has 0 aromatic carbocycles. The molecule has 0 aromatic heterocycles. The molecule has 0 N–H and O–H groups in total. The second-order valence-electron chi connectivity index (χ2n) is 3.61. The predicted molar refractivity (Wildman–Crippen MR) is 59.2 cm³/mol. The quantitative estimate of drug-likeness (QED) is 0.388. The molecule has 0 unspecified atom stereocenters. The van der Waals surface area contributed by atoms with Gasteiger partial charge in [0.25, 0.3) is 0 Å². The van der Waals surface area contributed by atoms with Crippen LogP contribution in [0.3, 0.4) is 0 Å². The van der Waals surface area contributed by atoms with E-state index in [1.54, 1.807) is 0 Å². The summed E-state index contributed by atoms with van der Waals surface area (Å²) in [4.78, 5) is 8.64. The molecule has 0 radical (unpaired) electrons. The summed E-state index contributed by atoms with van der Waals surface area (Å²) in [6.07, 6.45) is 1.44. The van der Waals surface area contributed by atoms with E-state index in [9.17, 15) is 0 Å². The van der Waals surface area contributed by atoms with Gasteiger partial charge in [-0.3, -0.25) is 4.99 Å². The van der Waals surface area contributed by atoms with Crippen molar-refractivity contribution in [3.05, 3.63) is 10.6 Å². The molecule has 0 saturated heterocycles. The zero-order valence-electron chi connectivity index (χ0n) is 8.13. The van der Waals surface area contributed by atoms with Crippen LogP contribution in [0, 0.1) is 5.41 Å². The Morgan fingerprint density at radius 3 is 2.17 bits per heavy atom. The molecule has 2 nitrogen and oxygen atoms in total. The Morgan fingerprint density at radius 2 is 1.92 bits per heavy atom. The molecular weight excluding hydrogens is 168 g/mol. The van der Waals surface area contributed by atoms with Crippen LogP contribution in [0.2, 0.25) is 0 Å². The van der Waals surface area contributed by atoms with Gasteiger partial charge in [0.1, 0.15) is 6.34 Å². The average Bonchev–Trinajstić information content (AvgIpc) is 1.84. The van der Waals surface area contributed by atoms with E-state index in [1.807, 2.05) is 6.92 Å². The SMILES string of the molecule is C=N/C=N\C(=C(/C)S)C(C)(C)C. The van der Waals surface area contributed by atoms with Crippen LogP contribution in [0.4, 0.5) is 0 Å². The lowest BCUT2D eigenvalue weighted by molar-refractivity contribution is 0.497. The van der Waals surface area contributed by atoms with Gasteiger partial charge >= 0.3 is 0 Å². The molecule has 0 bridgehead atoms. The molecule has 0 aromatic rings. The molecule has 0 heterocycles. The lowest BCUT2D eigenvalue weighted by Crippen LogP contribution is -2.08. The Balaban J connectivity index is 4.84. The maximum Gasteiger partial charge on any atom is 0.114 e.